The summed E-state index contributed by atoms with van der Waals surface area (Å²) in [6, 6.07) is 7.11. The van der Waals surface area contributed by atoms with Gasteiger partial charge in [-0.25, -0.2) is 4.39 Å². The Balaban J connectivity index is 2.48. The highest BCUT2D eigenvalue weighted by Gasteiger charge is 2.18. The normalized spacial score (nSPS) is 12.7. The minimum Gasteiger partial charge on any atom is -0.309 e. The number of thiophene rings is 1. The SMILES string of the molecule is CNC(c1cc(C)c(Br)s1)c1cc(F)ccc1C. The lowest BCUT2D eigenvalue weighted by Crippen LogP contribution is -2.17. The lowest BCUT2D eigenvalue weighted by Gasteiger charge is -2.17. The maximum absolute atomic E-state index is 13.4. The lowest BCUT2D eigenvalue weighted by atomic mass is 9.99. The summed E-state index contributed by atoms with van der Waals surface area (Å²) < 4.78 is 14.5. The number of aryl methyl sites for hydroxylation is 2. The molecule has 4 heteroatoms. The van der Waals surface area contributed by atoms with Crippen LogP contribution in [0, 0.1) is 19.7 Å². The van der Waals surface area contributed by atoms with Gasteiger partial charge in [-0.05, 0) is 71.7 Å². The van der Waals surface area contributed by atoms with Crippen molar-refractivity contribution in [3.05, 3.63) is 55.4 Å². The van der Waals surface area contributed by atoms with Crippen LogP contribution in [0.25, 0.3) is 0 Å². The second-order valence-corrected chi connectivity index (χ2v) is 6.73. The molecule has 0 saturated heterocycles. The molecule has 2 rings (SSSR count). The van der Waals surface area contributed by atoms with Crippen molar-refractivity contribution in [1.82, 2.24) is 5.32 Å². The van der Waals surface area contributed by atoms with Crippen LogP contribution in [-0.2, 0) is 0 Å². The molecule has 0 aliphatic heterocycles. The van der Waals surface area contributed by atoms with E-state index in [2.05, 4.69) is 34.2 Å². The van der Waals surface area contributed by atoms with Gasteiger partial charge in [0, 0.05) is 4.88 Å². The van der Waals surface area contributed by atoms with E-state index in [-0.39, 0.29) is 11.9 Å². The van der Waals surface area contributed by atoms with Crippen molar-refractivity contribution in [1.29, 1.82) is 0 Å². The molecular formula is C14H15BrFNS. The first-order chi connectivity index (χ1) is 8.52. The van der Waals surface area contributed by atoms with Crippen LogP contribution in [0.2, 0.25) is 0 Å². The summed E-state index contributed by atoms with van der Waals surface area (Å²) in [5.41, 5.74) is 3.30. The minimum atomic E-state index is -0.191. The van der Waals surface area contributed by atoms with Crippen LogP contribution in [-0.4, -0.2) is 7.05 Å². The second-order valence-electron chi connectivity index (χ2n) is 4.33. The van der Waals surface area contributed by atoms with Gasteiger partial charge in [-0.2, -0.15) is 0 Å². The molecule has 0 radical (unpaired) electrons. The third-order valence-electron chi connectivity index (χ3n) is 3.00. The van der Waals surface area contributed by atoms with Gasteiger partial charge in [0.1, 0.15) is 5.82 Å². The molecule has 0 spiro atoms. The number of rotatable bonds is 3. The van der Waals surface area contributed by atoms with E-state index in [0.29, 0.717) is 0 Å². The number of hydrogen-bond donors (Lipinski definition) is 1. The third kappa shape index (κ3) is 2.66. The molecule has 0 aliphatic carbocycles. The molecule has 96 valence electrons. The molecule has 0 aliphatic rings. The zero-order valence-electron chi connectivity index (χ0n) is 10.6. The summed E-state index contributed by atoms with van der Waals surface area (Å²) in [7, 11) is 1.90. The van der Waals surface area contributed by atoms with Crippen molar-refractivity contribution < 1.29 is 4.39 Å². The smallest absolute Gasteiger partial charge is 0.123 e. The van der Waals surface area contributed by atoms with Gasteiger partial charge in [-0.15, -0.1) is 11.3 Å². The summed E-state index contributed by atoms with van der Waals surface area (Å²) in [5, 5.41) is 3.27. The van der Waals surface area contributed by atoms with Crippen molar-refractivity contribution in [2.24, 2.45) is 0 Å². The summed E-state index contributed by atoms with van der Waals surface area (Å²) in [5.74, 6) is -0.191. The minimum absolute atomic E-state index is 0.0377. The van der Waals surface area contributed by atoms with Crippen molar-refractivity contribution in [2.45, 2.75) is 19.9 Å². The molecule has 1 atom stereocenters. The Morgan fingerprint density at radius 2 is 1.94 bits per heavy atom. The quantitative estimate of drug-likeness (QED) is 0.870. The first kappa shape index (κ1) is 13.7. The Bertz CT molecular complexity index is 545. The van der Waals surface area contributed by atoms with Crippen molar-refractivity contribution in [3.63, 3.8) is 0 Å². The van der Waals surface area contributed by atoms with Crippen LogP contribution in [0.4, 0.5) is 4.39 Å². The van der Waals surface area contributed by atoms with E-state index in [1.54, 1.807) is 17.4 Å². The van der Waals surface area contributed by atoms with Crippen molar-refractivity contribution in [2.75, 3.05) is 7.05 Å². The Morgan fingerprint density at radius 3 is 2.50 bits per heavy atom. The summed E-state index contributed by atoms with van der Waals surface area (Å²) in [6.07, 6.45) is 0. The molecule has 0 bridgehead atoms. The number of benzene rings is 1. The molecule has 0 saturated carbocycles. The molecule has 0 fully saturated rings. The molecule has 1 unspecified atom stereocenters. The zero-order chi connectivity index (χ0) is 13.3. The van der Waals surface area contributed by atoms with Gasteiger partial charge in [0.15, 0.2) is 0 Å². The molecular weight excluding hydrogens is 313 g/mol. The van der Waals surface area contributed by atoms with E-state index in [0.717, 1.165) is 14.9 Å². The summed E-state index contributed by atoms with van der Waals surface area (Å²) in [6.45, 7) is 4.07. The molecule has 1 aromatic carbocycles. The molecule has 1 heterocycles. The first-order valence-electron chi connectivity index (χ1n) is 5.72. The molecule has 18 heavy (non-hydrogen) atoms. The maximum atomic E-state index is 13.4. The van der Waals surface area contributed by atoms with Crippen LogP contribution in [0.15, 0.2) is 28.1 Å². The maximum Gasteiger partial charge on any atom is 0.123 e. The average molecular weight is 328 g/mol. The highest BCUT2D eigenvalue weighted by Crippen LogP contribution is 2.35. The summed E-state index contributed by atoms with van der Waals surface area (Å²) in [4.78, 5) is 1.19. The van der Waals surface area contributed by atoms with Gasteiger partial charge in [0.2, 0.25) is 0 Å². The van der Waals surface area contributed by atoms with E-state index in [1.807, 2.05) is 20.0 Å². The Kier molecular flexibility index (Phi) is 4.20. The Labute approximate surface area is 119 Å². The van der Waals surface area contributed by atoms with Crippen LogP contribution in [0.3, 0.4) is 0 Å². The van der Waals surface area contributed by atoms with E-state index in [9.17, 15) is 4.39 Å². The van der Waals surface area contributed by atoms with Crippen molar-refractivity contribution in [3.8, 4) is 0 Å². The third-order valence-corrected chi connectivity index (χ3v) is 5.20. The predicted molar refractivity (Wildman–Crippen MR) is 78.8 cm³/mol. The Hall–Kier alpha value is -0.710. The number of nitrogens with one attached hydrogen (secondary N) is 1. The van der Waals surface area contributed by atoms with Crippen LogP contribution < -0.4 is 5.32 Å². The van der Waals surface area contributed by atoms with Crippen molar-refractivity contribution >= 4 is 27.3 Å². The molecule has 1 aromatic heterocycles. The fourth-order valence-electron chi connectivity index (χ4n) is 2.00. The summed E-state index contributed by atoms with van der Waals surface area (Å²) >= 11 is 5.22. The van der Waals surface area contributed by atoms with E-state index < -0.39 is 0 Å². The van der Waals surface area contributed by atoms with Gasteiger partial charge in [0.25, 0.3) is 0 Å². The monoisotopic (exact) mass is 327 g/mol. The molecule has 2 aromatic rings. The van der Waals surface area contributed by atoms with Gasteiger partial charge < -0.3 is 5.32 Å². The van der Waals surface area contributed by atoms with E-state index >= 15 is 0 Å². The number of hydrogen-bond acceptors (Lipinski definition) is 2. The van der Waals surface area contributed by atoms with E-state index in [4.69, 9.17) is 0 Å². The zero-order valence-corrected chi connectivity index (χ0v) is 13.0. The topological polar surface area (TPSA) is 12.0 Å². The molecule has 1 nitrogen and oxygen atoms in total. The average Bonchev–Trinajstić information content (AvgIpc) is 2.65. The number of halogens is 2. The van der Waals surface area contributed by atoms with Crippen LogP contribution in [0.1, 0.15) is 27.6 Å². The first-order valence-corrected chi connectivity index (χ1v) is 7.33. The molecule has 0 amide bonds. The lowest BCUT2D eigenvalue weighted by molar-refractivity contribution is 0.616. The van der Waals surface area contributed by atoms with E-state index in [1.165, 1.54) is 16.5 Å². The van der Waals surface area contributed by atoms with Crippen LogP contribution in [0.5, 0.6) is 0 Å². The van der Waals surface area contributed by atoms with Gasteiger partial charge in [0.05, 0.1) is 9.83 Å². The van der Waals surface area contributed by atoms with Gasteiger partial charge >= 0.3 is 0 Å². The fraction of sp³-hybridized carbons (Fsp3) is 0.286. The highest BCUT2D eigenvalue weighted by molar-refractivity contribution is 9.11. The van der Waals surface area contributed by atoms with Crippen LogP contribution >= 0.6 is 27.3 Å². The van der Waals surface area contributed by atoms with Gasteiger partial charge in [-0.1, -0.05) is 6.07 Å². The Morgan fingerprint density at radius 1 is 1.22 bits per heavy atom. The highest BCUT2D eigenvalue weighted by atomic mass is 79.9. The molecule has 1 N–H and O–H groups in total. The standard InChI is InChI=1S/C14H15BrFNS/c1-8-4-5-10(16)7-11(8)13(17-3)12-6-9(2)14(15)18-12/h4-7,13,17H,1-3H3. The predicted octanol–water partition coefficient (Wildman–Crippen LogP) is 4.58. The second kappa shape index (κ2) is 5.51. The van der Waals surface area contributed by atoms with Gasteiger partial charge in [-0.3, -0.25) is 0 Å². The largest absolute Gasteiger partial charge is 0.309 e. The fourth-order valence-corrected chi connectivity index (χ4v) is 3.70.